The lowest BCUT2D eigenvalue weighted by atomic mass is 9.70. The zero-order valence-electron chi connectivity index (χ0n) is 18.5. The highest BCUT2D eigenvalue weighted by atomic mass is 19.4. The van der Waals surface area contributed by atoms with Crippen molar-refractivity contribution >= 4 is 17.7 Å². The fourth-order valence-corrected chi connectivity index (χ4v) is 4.23. The summed E-state index contributed by atoms with van der Waals surface area (Å²) in [6.45, 7) is 4.45. The van der Waals surface area contributed by atoms with Crippen molar-refractivity contribution in [1.29, 1.82) is 0 Å². The molecule has 0 atom stereocenters. The van der Waals surface area contributed by atoms with Crippen LogP contribution in [0.2, 0.25) is 0 Å². The number of nitrogens with one attached hydrogen (secondary N) is 2. The zero-order valence-corrected chi connectivity index (χ0v) is 18.5. The van der Waals surface area contributed by atoms with Crippen LogP contribution in [0, 0.1) is 0 Å². The topological polar surface area (TPSA) is 95.1 Å². The quantitative estimate of drug-likeness (QED) is 0.590. The maximum absolute atomic E-state index is 13.5. The molecule has 1 aromatic rings. The van der Waals surface area contributed by atoms with Crippen molar-refractivity contribution in [2.24, 2.45) is 0 Å². The van der Waals surface area contributed by atoms with Crippen molar-refractivity contribution in [3.8, 4) is 11.5 Å². The molecule has 3 aliphatic heterocycles. The van der Waals surface area contributed by atoms with Crippen LogP contribution in [0.5, 0.6) is 11.5 Å². The molecule has 2 N–H and O–H groups in total. The monoisotopic (exact) mass is 494 g/mol. The van der Waals surface area contributed by atoms with Gasteiger partial charge in [-0.15, -0.1) is 8.78 Å². The van der Waals surface area contributed by atoms with Gasteiger partial charge in [-0.3, -0.25) is 10.1 Å². The van der Waals surface area contributed by atoms with Crippen molar-refractivity contribution in [3.05, 3.63) is 17.7 Å². The average Bonchev–Trinajstić information content (AvgIpc) is 2.99. The Balaban J connectivity index is 1.58. The Bertz CT molecular complexity index is 996. The lowest BCUT2D eigenvalue weighted by Gasteiger charge is -2.53. The normalized spacial score (nSPS) is 27.3. The van der Waals surface area contributed by atoms with E-state index in [1.54, 1.807) is 20.8 Å². The van der Waals surface area contributed by atoms with Gasteiger partial charge in [0.05, 0.1) is 23.4 Å². The first-order valence-corrected chi connectivity index (χ1v) is 10.5. The van der Waals surface area contributed by atoms with Gasteiger partial charge in [-0.2, -0.15) is 13.2 Å². The smallest absolute Gasteiger partial charge is 0.444 e. The van der Waals surface area contributed by atoms with Crippen LogP contribution < -0.4 is 20.1 Å². The molecule has 1 aliphatic carbocycles. The molecule has 34 heavy (non-hydrogen) atoms. The lowest BCUT2D eigenvalue weighted by Crippen LogP contribution is -2.66. The molecule has 4 aliphatic rings. The number of hydrogen-bond acceptors (Lipinski definition) is 6. The fraction of sp³-hybridized carbons (Fsp3) is 0.619. The molecule has 0 radical (unpaired) electrons. The predicted octanol–water partition coefficient (Wildman–Crippen LogP) is 4.73. The Morgan fingerprint density at radius 3 is 2.09 bits per heavy atom. The molecule has 3 fully saturated rings. The van der Waals surface area contributed by atoms with Gasteiger partial charge in [0.1, 0.15) is 5.60 Å². The highest BCUT2D eigenvalue weighted by Crippen LogP contribution is 2.52. The second-order valence-electron chi connectivity index (χ2n) is 9.65. The molecule has 2 saturated heterocycles. The number of benzene rings is 1. The molecule has 1 aromatic carbocycles. The number of alkyl halides is 5. The van der Waals surface area contributed by atoms with Gasteiger partial charge in [0.2, 0.25) is 0 Å². The number of fused-ring (bicyclic) bond motifs is 4. The van der Waals surface area contributed by atoms with E-state index >= 15 is 0 Å². The van der Waals surface area contributed by atoms with E-state index in [9.17, 15) is 31.5 Å². The van der Waals surface area contributed by atoms with Crippen LogP contribution in [0.4, 0.5) is 32.4 Å². The third kappa shape index (κ3) is 4.57. The van der Waals surface area contributed by atoms with Gasteiger partial charge < -0.3 is 24.3 Å². The van der Waals surface area contributed by atoms with Crippen LogP contribution >= 0.6 is 0 Å². The summed E-state index contributed by atoms with van der Waals surface area (Å²) in [5, 5.41) is 5.00. The summed E-state index contributed by atoms with van der Waals surface area (Å²) in [7, 11) is 0. The first kappa shape index (κ1) is 24.3. The molecule has 0 unspecified atom stereocenters. The summed E-state index contributed by atoms with van der Waals surface area (Å²) in [4.78, 5) is 25.4. The number of ether oxygens (including phenoxy) is 4. The summed E-state index contributed by atoms with van der Waals surface area (Å²) in [6, 6.07) is 1.95. The van der Waals surface area contributed by atoms with Crippen molar-refractivity contribution in [2.45, 2.75) is 75.7 Å². The minimum absolute atomic E-state index is 0.00962. The average molecular weight is 494 g/mol. The molecule has 2 amide bonds. The van der Waals surface area contributed by atoms with E-state index in [0.717, 1.165) is 12.1 Å². The van der Waals surface area contributed by atoms with Gasteiger partial charge in [0, 0.05) is 6.07 Å². The van der Waals surface area contributed by atoms with Crippen molar-refractivity contribution < 1.29 is 50.5 Å². The molecule has 2 bridgehead atoms. The van der Waals surface area contributed by atoms with E-state index < -0.39 is 52.7 Å². The fourth-order valence-electron chi connectivity index (χ4n) is 4.23. The molecule has 188 valence electrons. The summed E-state index contributed by atoms with van der Waals surface area (Å²) < 4.78 is 86.4. The molecular weight excluding hydrogens is 471 g/mol. The number of halogens is 5. The van der Waals surface area contributed by atoms with Crippen LogP contribution in [0.25, 0.3) is 0 Å². The molecule has 0 spiro atoms. The second kappa shape index (κ2) is 7.59. The number of rotatable bonds is 3. The maximum Gasteiger partial charge on any atom is 0.586 e. The van der Waals surface area contributed by atoms with Crippen molar-refractivity contribution in [3.63, 3.8) is 0 Å². The molecule has 8 nitrogen and oxygen atoms in total. The number of carbonyl (C=O) groups is 2. The number of hydrogen-bond donors (Lipinski definition) is 2. The lowest BCUT2D eigenvalue weighted by molar-refractivity contribution is -0.317. The van der Waals surface area contributed by atoms with Crippen LogP contribution in [-0.4, -0.2) is 47.8 Å². The summed E-state index contributed by atoms with van der Waals surface area (Å²) in [5.74, 6) is -1.68. The van der Waals surface area contributed by atoms with E-state index in [1.165, 1.54) is 0 Å². The highest BCUT2D eigenvalue weighted by molar-refractivity contribution is 6.04. The second-order valence-corrected chi connectivity index (χ2v) is 9.65. The number of anilines is 1. The van der Waals surface area contributed by atoms with E-state index in [0.29, 0.717) is 0 Å². The van der Waals surface area contributed by atoms with E-state index in [-0.39, 0.29) is 43.5 Å². The van der Waals surface area contributed by atoms with E-state index in [2.05, 4.69) is 20.1 Å². The first-order chi connectivity index (χ1) is 15.5. The Morgan fingerprint density at radius 2 is 1.59 bits per heavy atom. The van der Waals surface area contributed by atoms with Gasteiger partial charge in [-0.1, -0.05) is 0 Å². The molecular formula is C21H23F5N2O6. The Morgan fingerprint density at radius 1 is 1.00 bits per heavy atom. The molecule has 1 saturated carbocycles. The molecule has 5 rings (SSSR count). The minimum Gasteiger partial charge on any atom is -0.444 e. The Kier molecular flexibility index (Phi) is 5.42. The van der Waals surface area contributed by atoms with Gasteiger partial charge >= 0.3 is 18.6 Å². The summed E-state index contributed by atoms with van der Waals surface area (Å²) >= 11 is 0. The van der Waals surface area contributed by atoms with E-state index in [1.807, 2.05) is 0 Å². The molecule has 13 heteroatoms. The zero-order chi connectivity index (χ0) is 25.2. The van der Waals surface area contributed by atoms with Gasteiger partial charge in [-0.05, 0) is 52.5 Å². The SMILES string of the molecule is CC(C)(C)OC(=O)Nc1cc2c(cc1C(=O)NC13CCC(C(F)(F)F)(CC1)OC3)OC(F)(F)O2. The minimum atomic E-state index is -4.53. The van der Waals surface area contributed by atoms with Crippen LogP contribution in [-0.2, 0) is 9.47 Å². The van der Waals surface area contributed by atoms with Gasteiger partial charge in [0.15, 0.2) is 17.1 Å². The Labute approximate surface area is 191 Å². The maximum atomic E-state index is 13.5. The van der Waals surface area contributed by atoms with Crippen LogP contribution in [0.15, 0.2) is 12.1 Å². The number of carbonyl (C=O) groups excluding carboxylic acids is 2. The summed E-state index contributed by atoms with van der Waals surface area (Å²) in [5.41, 5.74) is -4.67. The predicted molar refractivity (Wildman–Crippen MR) is 106 cm³/mol. The van der Waals surface area contributed by atoms with Gasteiger partial charge in [-0.25, -0.2) is 4.79 Å². The van der Waals surface area contributed by atoms with E-state index in [4.69, 9.17) is 9.47 Å². The third-order valence-corrected chi connectivity index (χ3v) is 5.96. The standard InChI is InChI=1S/C21H23F5N2O6/c1-17(2,3)34-16(30)27-12-9-14-13(32-21(25,26)33-14)8-11(12)15(29)28-18-4-6-19(7-5-18,31-10-18)20(22,23)24/h8-9H,4-7,10H2,1-3H3,(H,27,30)(H,28,29). The Hall–Kier alpha value is -2.83. The van der Waals surface area contributed by atoms with Crippen LogP contribution in [0.1, 0.15) is 56.8 Å². The summed E-state index contributed by atoms with van der Waals surface area (Å²) in [6.07, 6.45) is -10.1. The number of amides is 2. The largest absolute Gasteiger partial charge is 0.586 e. The van der Waals surface area contributed by atoms with Gasteiger partial charge in [0.25, 0.3) is 5.91 Å². The molecule has 0 aromatic heterocycles. The van der Waals surface area contributed by atoms with Crippen molar-refractivity contribution in [1.82, 2.24) is 5.32 Å². The molecule has 3 heterocycles. The van der Waals surface area contributed by atoms with Crippen molar-refractivity contribution in [2.75, 3.05) is 11.9 Å². The highest BCUT2D eigenvalue weighted by Gasteiger charge is 2.63. The van der Waals surface area contributed by atoms with Crippen LogP contribution in [0.3, 0.4) is 0 Å². The third-order valence-electron chi connectivity index (χ3n) is 5.96. The first-order valence-electron chi connectivity index (χ1n) is 10.5.